The Morgan fingerprint density at radius 1 is 1.25 bits per heavy atom. The van der Waals surface area contributed by atoms with Crippen LogP contribution in [0.4, 0.5) is 0 Å². The van der Waals surface area contributed by atoms with Crippen molar-refractivity contribution < 1.29 is 14.3 Å². The predicted octanol–water partition coefficient (Wildman–Crippen LogP) is 4.48. The molecule has 20 heavy (non-hydrogen) atoms. The second-order valence-electron chi connectivity index (χ2n) is 5.98. The molecule has 1 fully saturated rings. The largest absolute Gasteiger partial charge is 0.493 e. The van der Waals surface area contributed by atoms with Crippen molar-refractivity contribution in [3.05, 3.63) is 22.2 Å². The molecule has 1 unspecified atom stereocenters. The van der Waals surface area contributed by atoms with Crippen molar-refractivity contribution in [3.8, 4) is 11.5 Å². The zero-order valence-electron chi connectivity index (χ0n) is 12.5. The van der Waals surface area contributed by atoms with E-state index in [0.717, 1.165) is 23.7 Å². The number of carbonyl (C=O) groups is 1. The molecule has 0 heterocycles. The van der Waals surface area contributed by atoms with Gasteiger partial charge < -0.3 is 9.47 Å². The molecular formula is C16H21BrO3. The van der Waals surface area contributed by atoms with E-state index in [0.29, 0.717) is 17.1 Å². The van der Waals surface area contributed by atoms with Crippen molar-refractivity contribution in [1.29, 1.82) is 0 Å². The van der Waals surface area contributed by atoms with Gasteiger partial charge in [0, 0.05) is 16.0 Å². The molecule has 0 spiro atoms. The van der Waals surface area contributed by atoms with Crippen LogP contribution in [-0.4, -0.2) is 20.0 Å². The molecule has 0 radical (unpaired) electrons. The Morgan fingerprint density at radius 3 is 2.35 bits per heavy atom. The van der Waals surface area contributed by atoms with E-state index in [-0.39, 0.29) is 17.1 Å². The highest BCUT2D eigenvalue weighted by Crippen LogP contribution is 2.45. The number of hydrogen-bond donors (Lipinski definition) is 0. The fourth-order valence-electron chi connectivity index (χ4n) is 3.04. The van der Waals surface area contributed by atoms with Crippen LogP contribution >= 0.6 is 15.9 Å². The molecule has 0 N–H and O–H groups in total. The van der Waals surface area contributed by atoms with Crippen molar-refractivity contribution in [2.75, 3.05) is 14.2 Å². The van der Waals surface area contributed by atoms with Crippen LogP contribution in [0.5, 0.6) is 11.5 Å². The van der Waals surface area contributed by atoms with Crippen molar-refractivity contribution in [3.63, 3.8) is 0 Å². The van der Waals surface area contributed by atoms with E-state index in [4.69, 9.17) is 9.47 Å². The molecule has 1 atom stereocenters. The van der Waals surface area contributed by atoms with Crippen molar-refractivity contribution in [2.45, 2.75) is 33.1 Å². The smallest absolute Gasteiger partial charge is 0.167 e. The van der Waals surface area contributed by atoms with E-state index in [1.165, 1.54) is 0 Å². The summed E-state index contributed by atoms with van der Waals surface area (Å²) in [5.41, 5.74) is 0.756. The van der Waals surface area contributed by atoms with E-state index in [9.17, 15) is 4.79 Å². The van der Waals surface area contributed by atoms with Gasteiger partial charge in [-0.1, -0.05) is 20.3 Å². The topological polar surface area (TPSA) is 35.5 Å². The zero-order valence-corrected chi connectivity index (χ0v) is 14.0. The van der Waals surface area contributed by atoms with E-state index < -0.39 is 0 Å². The lowest BCUT2D eigenvalue weighted by atomic mass is 9.77. The van der Waals surface area contributed by atoms with Gasteiger partial charge in [0.2, 0.25) is 0 Å². The van der Waals surface area contributed by atoms with Crippen molar-refractivity contribution in [1.82, 2.24) is 0 Å². The van der Waals surface area contributed by atoms with Gasteiger partial charge in [-0.3, -0.25) is 4.79 Å². The first-order chi connectivity index (χ1) is 9.40. The average Bonchev–Trinajstić information content (AvgIpc) is 2.77. The normalized spacial score (nSPS) is 20.8. The predicted molar refractivity (Wildman–Crippen MR) is 82.7 cm³/mol. The van der Waals surface area contributed by atoms with Gasteiger partial charge in [-0.15, -0.1) is 0 Å². The number of methoxy groups -OCH3 is 2. The quantitative estimate of drug-likeness (QED) is 0.758. The van der Waals surface area contributed by atoms with E-state index in [1.807, 2.05) is 0 Å². The third-order valence-corrected chi connectivity index (χ3v) is 4.97. The first-order valence-corrected chi connectivity index (χ1v) is 7.65. The first-order valence-electron chi connectivity index (χ1n) is 6.86. The highest BCUT2D eigenvalue weighted by atomic mass is 79.9. The second-order valence-corrected chi connectivity index (χ2v) is 6.84. The highest BCUT2D eigenvalue weighted by Gasteiger charge is 2.40. The fraction of sp³-hybridized carbons (Fsp3) is 0.562. The number of rotatable bonds is 4. The van der Waals surface area contributed by atoms with Gasteiger partial charge in [0.05, 0.1) is 14.2 Å². The molecule has 3 nitrogen and oxygen atoms in total. The minimum atomic E-state index is 0.0731. The third kappa shape index (κ3) is 2.71. The van der Waals surface area contributed by atoms with Gasteiger partial charge in [0.25, 0.3) is 0 Å². The minimum Gasteiger partial charge on any atom is -0.493 e. The first kappa shape index (κ1) is 15.4. The summed E-state index contributed by atoms with van der Waals surface area (Å²) in [4.78, 5) is 12.8. The van der Waals surface area contributed by atoms with Crippen molar-refractivity contribution >= 4 is 21.7 Å². The highest BCUT2D eigenvalue weighted by molar-refractivity contribution is 9.10. The molecule has 110 valence electrons. The van der Waals surface area contributed by atoms with E-state index in [2.05, 4.69) is 29.8 Å². The molecule has 0 aliphatic heterocycles. The monoisotopic (exact) mass is 340 g/mol. The molecule has 2 rings (SSSR count). The van der Waals surface area contributed by atoms with E-state index in [1.54, 1.807) is 26.4 Å². The number of Topliss-reactive ketones (excluding diaryl/α,β-unsaturated/α-hetero) is 1. The van der Waals surface area contributed by atoms with Gasteiger partial charge in [0.15, 0.2) is 17.3 Å². The molecule has 1 aromatic carbocycles. The Bertz CT molecular complexity index is 523. The van der Waals surface area contributed by atoms with Crippen LogP contribution in [0.2, 0.25) is 0 Å². The summed E-state index contributed by atoms with van der Waals surface area (Å²) in [7, 11) is 3.17. The van der Waals surface area contributed by atoms with Crippen molar-refractivity contribution in [2.24, 2.45) is 11.3 Å². The molecule has 0 bridgehead atoms. The molecule has 4 heteroatoms. The number of carbonyl (C=O) groups excluding carboxylic acids is 1. The Hall–Kier alpha value is -1.03. The van der Waals surface area contributed by atoms with Gasteiger partial charge in [-0.2, -0.15) is 0 Å². The van der Waals surface area contributed by atoms with Crippen LogP contribution < -0.4 is 9.47 Å². The van der Waals surface area contributed by atoms with Crippen LogP contribution in [0.1, 0.15) is 43.5 Å². The van der Waals surface area contributed by atoms with Gasteiger partial charge in [-0.05, 0) is 46.3 Å². The van der Waals surface area contributed by atoms with Crippen LogP contribution in [-0.2, 0) is 0 Å². The Balaban J connectivity index is 2.40. The molecule has 1 aliphatic carbocycles. The van der Waals surface area contributed by atoms with Gasteiger partial charge in [0.1, 0.15) is 0 Å². The maximum atomic E-state index is 12.8. The molecule has 0 amide bonds. The Morgan fingerprint density at radius 2 is 1.85 bits per heavy atom. The van der Waals surface area contributed by atoms with Gasteiger partial charge >= 0.3 is 0 Å². The fourth-order valence-corrected chi connectivity index (χ4v) is 3.56. The van der Waals surface area contributed by atoms with Crippen LogP contribution in [0.3, 0.4) is 0 Å². The molecule has 0 saturated heterocycles. The minimum absolute atomic E-state index is 0.0731. The summed E-state index contributed by atoms with van der Waals surface area (Å²) >= 11 is 3.48. The summed E-state index contributed by atoms with van der Waals surface area (Å²) in [5, 5.41) is 0. The molecular weight excluding hydrogens is 320 g/mol. The number of hydrogen-bond acceptors (Lipinski definition) is 3. The Labute approximate surface area is 128 Å². The van der Waals surface area contributed by atoms with E-state index >= 15 is 0 Å². The number of benzene rings is 1. The number of ketones is 1. The maximum Gasteiger partial charge on any atom is 0.167 e. The summed E-state index contributed by atoms with van der Waals surface area (Å²) in [5.74, 6) is 1.49. The average molecular weight is 341 g/mol. The summed E-state index contributed by atoms with van der Waals surface area (Å²) in [6.45, 7) is 4.36. The Kier molecular flexibility index (Phi) is 4.43. The molecule has 1 aliphatic rings. The number of halogens is 1. The maximum absolute atomic E-state index is 12.8. The summed E-state index contributed by atoms with van der Waals surface area (Å²) < 4.78 is 11.3. The lowest BCUT2D eigenvalue weighted by Crippen LogP contribution is -2.26. The molecule has 1 saturated carbocycles. The lowest BCUT2D eigenvalue weighted by Gasteiger charge is -2.26. The summed E-state index contributed by atoms with van der Waals surface area (Å²) in [6.07, 6.45) is 3.19. The second kappa shape index (κ2) is 5.76. The molecule has 1 aromatic rings. The van der Waals surface area contributed by atoms with Crippen LogP contribution in [0.15, 0.2) is 16.6 Å². The summed E-state index contributed by atoms with van der Waals surface area (Å²) in [6, 6.07) is 3.58. The van der Waals surface area contributed by atoms with Crippen LogP contribution in [0.25, 0.3) is 0 Å². The SMILES string of the molecule is COc1cc(Br)c(C(=O)C2CCCC2(C)C)cc1OC. The standard InChI is InChI=1S/C16H21BrO3/c1-16(2)7-5-6-11(16)15(18)10-8-13(19-3)14(20-4)9-12(10)17/h8-9,11H,5-7H2,1-4H3. The zero-order chi connectivity index (χ0) is 14.9. The number of ether oxygens (including phenoxy) is 2. The van der Waals surface area contributed by atoms with Crippen LogP contribution in [0, 0.1) is 11.3 Å². The van der Waals surface area contributed by atoms with Gasteiger partial charge in [-0.25, -0.2) is 0 Å². The molecule has 0 aromatic heterocycles. The lowest BCUT2D eigenvalue weighted by molar-refractivity contribution is 0.0838. The third-order valence-electron chi connectivity index (χ3n) is 4.31.